The van der Waals surface area contributed by atoms with Crippen molar-refractivity contribution >= 4 is 38.9 Å². The first-order chi connectivity index (χ1) is 7.08. The van der Waals surface area contributed by atoms with Crippen LogP contribution < -0.4 is 4.72 Å². The number of hydrogen-bond donors (Lipinski definition) is 2. The maximum atomic E-state index is 11.6. The Hall–Kier alpha value is -1.19. The van der Waals surface area contributed by atoms with Gasteiger partial charge >= 0.3 is 0 Å². The smallest absolute Gasteiger partial charge is 0.244 e. The van der Waals surface area contributed by atoms with E-state index in [1.165, 1.54) is 12.1 Å². The third-order valence-electron chi connectivity index (χ3n) is 1.38. The number of aromatic nitrogens is 4. The van der Waals surface area contributed by atoms with E-state index >= 15 is 0 Å². The molecule has 0 aliphatic rings. The summed E-state index contributed by atoms with van der Waals surface area (Å²) in [5, 5.41) is 12.3. The van der Waals surface area contributed by atoms with Gasteiger partial charge in [-0.05, 0) is 17.3 Å². The number of anilines is 1. The molecule has 0 aliphatic carbocycles. The largest absolute Gasteiger partial charge is 0.276 e. The Kier molecular flexibility index (Phi) is 2.59. The number of tetrazole rings is 1. The number of nitrogens with one attached hydrogen (secondary N) is 2. The highest BCUT2D eigenvalue weighted by atomic mass is 35.5. The third-order valence-corrected chi connectivity index (χ3v) is 4.44. The van der Waals surface area contributed by atoms with Crippen molar-refractivity contribution in [2.24, 2.45) is 0 Å². The van der Waals surface area contributed by atoms with E-state index in [4.69, 9.17) is 11.6 Å². The van der Waals surface area contributed by atoms with Crippen LogP contribution in [0.5, 0.6) is 0 Å². The second kappa shape index (κ2) is 3.76. The molecule has 0 radical (unpaired) electrons. The Morgan fingerprint density at radius 1 is 1.47 bits per heavy atom. The number of thiophene rings is 1. The van der Waals surface area contributed by atoms with Crippen molar-refractivity contribution in [2.75, 3.05) is 4.72 Å². The van der Waals surface area contributed by atoms with Crippen LogP contribution in [0.3, 0.4) is 0 Å². The molecule has 0 bridgehead atoms. The maximum Gasteiger partial charge on any atom is 0.276 e. The van der Waals surface area contributed by atoms with Crippen LogP contribution in [0.25, 0.3) is 0 Å². The fourth-order valence-electron chi connectivity index (χ4n) is 0.818. The minimum absolute atomic E-state index is 0.0947. The number of sulfonamides is 1. The van der Waals surface area contributed by atoms with Gasteiger partial charge in [0.2, 0.25) is 0 Å². The molecule has 80 valence electrons. The zero-order valence-electron chi connectivity index (χ0n) is 7.01. The molecule has 0 amide bonds. The van der Waals surface area contributed by atoms with Crippen molar-refractivity contribution in [3.8, 4) is 0 Å². The van der Waals surface area contributed by atoms with Crippen LogP contribution in [0.2, 0.25) is 4.34 Å². The van der Waals surface area contributed by atoms with Gasteiger partial charge in [-0.15, -0.1) is 16.4 Å². The molecule has 0 saturated carbocycles. The summed E-state index contributed by atoms with van der Waals surface area (Å²) in [6.45, 7) is 0. The normalized spacial score (nSPS) is 11.5. The van der Waals surface area contributed by atoms with E-state index in [0.29, 0.717) is 4.34 Å². The highest BCUT2D eigenvalue weighted by Crippen LogP contribution is 2.26. The molecule has 0 unspecified atom stereocenters. The molecule has 0 aliphatic heterocycles. The predicted octanol–water partition coefficient (Wildman–Crippen LogP) is 0.715. The van der Waals surface area contributed by atoms with E-state index in [0.717, 1.165) is 11.3 Å². The molecule has 0 saturated heterocycles. The molecule has 7 nitrogen and oxygen atoms in total. The summed E-state index contributed by atoms with van der Waals surface area (Å²) in [5.41, 5.74) is 0. The first-order valence-electron chi connectivity index (χ1n) is 3.59. The Bertz CT molecular complexity index is 548. The topological polar surface area (TPSA) is 101 Å². The molecule has 2 heterocycles. The molecule has 2 rings (SSSR count). The van der Waals surface area contributed by atoms with Crippen LogP contribution >= 0.6 is 22.9 Å². The van der Waals surface area contributed by atoms with Crippen LogP contribution in [0.15, 0.2) is 16.3 Å². The predicted molar refractivity (Wildman–Crippen MR) is 54.3 cm³/mol. The number of aromatic amines is 1. The molecule has 2 aromatic rings. The summed E-state index contributed by atoms with van der Waals surface area (Å²) in [7, 11) is -3.66. The van der Waals surface area contributed by atoms with Gasteiger partial charge < -0.3 is 0 Å². The lowest BCUT2D eigenvalue weighted by Gasteiger charge is -1.99. The standard InChI is InChI=1S/C5H4ClN5O2S2/c6-3-1-2-4(14-3)15(12,13)9-5-7-10-11-8-5/h1-2H,(H2,7,8,9,10,11). The summed E-state index contributed by atoms with van der Waals surface area (Å²) in [6.07, 6.45) is 0. The van der Waals surface area contributed by atoms with Crippen molar-refractivity contribution in [3.63, 3.8) is 0 Å². The summed E-state index contributed by atoms with van der Waals surface area (Å²) in [4.78, 5) is 0. The quantitative estimate of drug-likeness (QED) is 0.851. The summed E-state index contributed by atoms with van der Waals surface area (Å²) >= 11 is 6.57. The molecule has 2 aromatic heterocycles. The number of rotatable bonds is 3. The summed E-state index contributed by atoms with van der Waals surface area (Å²) < 4.78 is 25.9. The summed E-state index contributed by atoms with van der Waals surface area (Å²) in [6, 6.07) is 2.90. The van der Waals surface area contributed by atoms with E-state index in [9.17, 15) is 8.42 Å². The average Bonchev–Trinajstić information content (AvgIpc) is 2.75. The van der Waals surface area contributed by atoms with Crippen molar-refractivity contribution in [1.82, 2.24) is 20.6 Å². The lowest BCUT2D eigenvalue weighted by molar-refractivity contribution is 0.602. The number of halogens is 1. The minimum atomic E-state index is -3.66. The van der Waals surface area contributed by atoms with E-state index in [1.807, 2.05) is 0 Å². The molecule has 10 heteroatoms. The van der Waals surface area contributed by atoms with Crippen LogP contribution in [-0.2, 0) is 10.0 Å². The molecular formula is C5H4ClN5O2S2. The van der Waals surface area contributed by atoms with Crippen molar-refractivity contribution in [3.05, 3.63) is 16.5 Å². The zero-order chi connectivity index (χ0) is 10.9. The second-order valence-electron chi connectivity index (χ2n) is 2.40. The Labute approximate surface area is 93.5 Å². The number of H-pyrrole nitrogens is 1. The number of hydrogen-bond acceptors (Lipinski definition) is 6. The van der Waals surface area contributed by atoms with Gasteiger partial charge in [-0.3, -0.25) is 0 Å². The molecule has 0 spiro atoms. The van der Waals surface area contributed by atoms with E-state index in [2.05, 4.69) is 25.3 Å². The van der Waals surface area contributed by atoms with Gasteiger partial charge in [-0.1, -0.05) is 16.7 Å². The second-order valence-corrected chi connectivity index (χ2v) is 6.02. The highest BCUT2D eigenvalue weighted by molar-refractivity contribution is 7.94. The van der Waals surface area contributed by atoms with Crippen molar-refractivity contribution in [1.29, 1.82) is 0 Å². The Morgan fingerprint density at radius 2 is 2.27 bits per heavy atom. The van der Waals surface area contributed by atoms with Gasteiger partial charge in [-0.2, -0.15) is 5.21 Å². The van der Waals surface area contributed by atoms with Crippen LogP contribution in [-0.4, -0.2) is 29.0 Å². The molecule has 0 atom stereocenters. The summed E-state index contributed by atoms with van der Waals surface area (Å²) in [5.74, 6) is -0.112. The lowest BCUT2D eigenvalue weighted by atomic mass is 10.7. The van der Waals surface area contributed by atoms with Gasteiger partial charge in [-0.25, -0.2) is 13.1 Å². The molecule has 0 fully saturated rings. The lowest BCUT2D eigenvalue weighted by Crippen LogP contribution is -2.12. The van der Waals surface area contributed by atoms with Crippen molar-refractivity contribution < 1.29 is 8.42 Å². The van der Waals surface area contributed by atoms with Gasteiger partial charge in [0.1, 0.15) is 4.21 Å². The van der Waals surface area contributed by atoms with E-state index in [-0.39, 0.29) is 10.2 Å². The van der Waals surface area contributed by atoms with Gasteiger partial charge in [0.05, 0.1) is 4.34 Å². The molecule has 0 aromatic carbocycles. The minimum Gasteiger partial charge on any atom is -0.244 e. The monoisotopic (exact) mass is 265 g/mol. The van der Waals surface area contributed by atoms with E-state index in [1.54, 1.807) is 0 Å². The van der Waals surface area contributed by atoms with Gasteiger partial charge in [0, 0.05) is 0 Å². The van der Waals surface area contributed by atoms with E-state index < -0.39 is 10.0 Å². The van der Waals surface area contributed by atoms with Crippen molar-refractivity contribution in [2.45, 2.75) is 4.21 Å². The van der Waals surface area contributed by atoms with Crippen LogP contribution in [0.4, 0.5) is 5.95 Å². The molecular weight excluding hydrogens is 262 g/mol. The fourth-order valence-corrected chi connectivity index (χ4v) is 3.24. The Balaban J connectivity index is 2.28. The average molecular weight is 266 g/mol. The highest BCUT2D eigenvalue weighted by Gasteiger charge is 2.18. The van der Waals surface area contributed by atoms with Crippen LogP contribution in [0.1, 0.15) is 0 Å². The third kappa shape index (κ3) is 2.25. The fraction of sp³-hybridized carbons (Fsp3) is 0. The maximum absolute atomic E-state index is 11.6. The molecule has 15 heavy (non-hydrogen) atoms. The van der Waals surface area contributed by atoms with Gasteiger partial charge in [0.15, 0.2) is 0 Å². The first kappa shape index (κ1) is 10.3. The molecule has 2 N–H and O–H groups in total. The van der Waals surface area contributed by atoms with Crippen LogP contribution in [0, 0.1) is 0 Å². The van der Waals surface area contributed by atoms with Gasteiger partial charge in [0.25, 0.3) is 16.0 Å². The SMILES string of the molecule is O=S(=O)(Nc1nn[nH]n1)c1ccc(Cl)s1. The Morgan fingerprint density at radius 3 is 2.80 bits per heavy atom. The first-order valence-corrected chi connectivity index (χ1v) is 6.27. The number of nitrogens with zero attached hydrogens (tertiary/aromatic N) is 3. The zero-order valence-corrected chi connectivity index (χ0v) is 9.40.